The highest BCUT2D eigenvalue weighted by atomic mass is 32.2. The van der Waals surface area contributed by atoms with Crippen molar-refractivity contribution in [3.8, 4) is 0 Å². The Kier molecular flexibility index (Phi) is 4.08. The molecule has 0 radical (unpaired) electrons. The summed E-state index contributed by atoms with van der Waals surface area (Å²) < 4.78 is 0. The van der Waals surface area contributed by atoms with Gasteiger partial charge in [0.15, 0.2) is 0 Å². The smallest absolute Gasteiger partial charge is 0.223 e. The molecule has 3 fully saturated rings. The summed E-state index contributed by atoms with van der Waals surface area (Å²) in [6, 6.07) is 0. The van der Waals surface area contributed by atoms with Gasteiger partial charge in [-0.3, -0.25) is 9.69 Å². The average molecular weight is 282 g/mol. The van der Waals surface area contributed by atoms with Gasteiger partial charge in [0.1, 0.15) is 0 Å². The van der Waals surface area contributed by atoms with E-state index in [1.807, 2.05) is 0 Å². The van der Waals surface area contributed by atoms with Crippen LogP contribution in [-0.2, 0) is 4.79 Å². The molecule has 2 atom stereocenters. The molecular weight excluding hydrogens is 256 g/mol. The Balaban J connectivity index is 1.58. The van der Waals surface area contributed by atoms with Gasteiger partial charge in [-0.2, -0.15) is 11.8 Å². The molecule has 4 heteroatoms. The summed E-state index contributed by atoms with van der Waals surface area (Å²) >= 11 is 2.07. The van der Waals surface area contributed by atoms with Gasteiger partial charge in [0.05, 0.1) is 0 Å². The second-order valence-electron chi connectivity index (χ2n) is 6.57. The van der Waals surface area contributed by atoms with E-state index in [9.17, 15) is 4.79 Å². The molecule has 0 spiro atoms. The summed E-state index contributed by atoms with van der Waals surface area (Å²) in [6.07, 6.45) is 6.31. The SMILES string of the molecule is C[C@@H]1C[C@@H]1C(=O)NCC1(N2CCSCC2)CCCC1. The number of carbonyl (C=O) groups is 1. The summed E-state index contributed by atoms with van der Waals surface area (Å²) in [5.41, 5.74) is 0.286. The van der Waals surface area contributed by atoms with Crippen LogP contribution in [0.5, 0.6) is 0 Å². The number of hydrogen-bond donors (Lipinski definition) is 1. The predicted molar refractivity (Wildman–Crippen MR) is 80.4 cm³/mol. The van der Waals surface area contributed by atoms with Crippen molar-refractivity contribution in [1.82, 2.24) is 10.2 Å². The highest BCUT2D eigenvalue weighted by Gasteiger charge is 2.43. The van der Waals surface area contributed by atoms with Crippen molar-refractivity contribution in [2.45, 2.75) is 44.6 Å². The van der Waals surface area contributed by atoms with E-state index in [1.165, 1.54) is 50.3 Å². The minimum Gasteiger partial charge on any atom is -0.354 e. The van der Waals surface area contributed by atoms with Gasteiger partial charge < -0.3 is 5.32 Å². The normalized spacial score (nSPS) is 34.2. The van der Waals surface area contributed by atoms with Crippen LogP contribution >= 0.6 is 11.8 Å². The van der Waals surface area contributed by atoms with Gasteiger partial charge in [0.25, 0.3) is 0 Å². The number of nitrogens with one attached hydrogen (secondary N) is 1. The minimum absolute atomic E-state index is 0.286. The van der Waals surface area contributed by atoms with Crippen LogP contribution in [0.1, 0.15) is 39.0 Å². The summed E-state index contributed by atoms with van der Waals surface area (Å²) in [7, 11) is 0. The number of hydrogen-bond acceptors (Lipinski definition) is 3. The zero-order valence-corrected chi connectivity index (χ0v) is 12.8. The molecule has 0 bridgehead atoms. The van der Waals surface area contributed by atoms with Crippen molar-refractivity contribution >= 4 is 17.7 Å². The van der Waals surface area contributed by atoms with Gasteiger partial charge in [-0.1, -0.05) is 19.8 Å². The summed E-state index contributed by atoms with van der Waals surface area (Å²) in [6.45, 7) is 5.48. The Labute approximate surface area is 120 Å². The number of carbonyl (C=O) groups excluding carboxylic acids is 1. The molecule has 0 unspecified atom stereocenters. The molecule has 1 amide bonds. The monoisotopic (exact) mass is 282 g/mol. The van der Waals surface area contributed by atoms with Crippen LogP contribution in [0.2, 0.25) is 0 Å². The summed E-state index contributed by atoms with van der Waals surface area (Å²) in [5, 5.41) is 3.27. The highest BCUT2D eigenvalue weighted by Crippen LogP contribution is 2.39. The van der Waals surface area contributed by atoms with Crippen molar-refractivity contribution in [1.29, 1.82) is 0 Å². The van der Waals surface area contributed by atoms with E-state index in [0.717, 1.165) is 13.0 Å². The molecule has 1 N–H and O–H groups in total. The van der Waals surface area contributed by atoms with Crippen molar-refractivity contribution in [3.63, 3.8) is 0 Å². The molecule has 2 saturated carbocycles. The van der Waals surface area contributed by atoms with Gasteiger partial charge in [0, 0.05) is 42.6 Å². The van der Waals surface area contributed by atoms with Crippen molar-refractivity contribution in [2.75, 3.05) is 31.1 Å². The first-order valence-corrected chi connectivity index (χ1v) is 8.97. The first-order valence-electron chi connectivity index (χ1n) is 7.82. The van der Waals surface area contributed by atoms with Crippen LogP contribution in [0.15, 0.2) is 0 Å². The van der Waals surface area contributed by atoms with E-state index in [4.69, 9.17) is 0 Å². The first kappa shape index (κ1) is 13.7. The Bertz CT molecular complexity index is 335. The third kappa shape index (κ3) is 2.94. The Morgan fingerprint density at radius 3 is 2.53 bits per heavy atom. The third-order valence-corrected chi connectivity index (χ3v) is 6.20. The van der Waals surface area contributed by atoms with Crippen LogP contribution in [0.3, 0.4) is 0 Å². The maximum Gasteiger partial charge on any atom is 0.223 e. The molecule has 0 aromatic carbocycles. The summed E-state index contributed by atoms with van der Waals surface area (Å²) in [5.74, 6) is 3.76. The van der Waals surface area contributed by atoms with E-state index in [-0.39, 0.29) is 5.54 Å². The molecular formula is C15H26N2OS. The van der Waals surface area contributed by atoms with Crippen LogP contribution in [-0.4, -0.2) is 47.5 Å². The van der Waals surface area contributed by atoms with Gasteiger partial charge in [-0.05, 0) is 25.2 Å². The zero-order valence-electron chi connectivity index (χ0n) is 12.0. The van der Waals surface area contributed by atoms with Crippen molar-refractivity contribution in [3.05, 3.63) is 0 Å². The molecule has 0 aromatic rings. The van der Waals surface area contributed by atoms with E-state index in [2.05, 4.69) is 28.9 Å². The van der Waals surface area contributed by atoms with Gasteiger partial charge in [-0.25, -0.2) is 0 Å². The lowest BCUT2D eigenvalue weighted by Gasteiger charge is -2.43. The lowest BCUT2D eigenvalue weighted by atomic mass is 9.94. The minimum atomic E-state index is 0.286. The molecule has 1 aliphatic heterocycles. The van der Waals surface area contributed by atoms with Crippen molar-refractivity contribution in [2.24, 2.45) is 11.8 Å². The molecule has 108 valence electrons. The van der Waals surface area contributed by atoms with Gasteiger partial charge in [-0.15, -0.1) is 0 Å². The summed E-state index contributed by atoms with van der Waals surface area (Å²) in [4.78, 5) is 14.7. The fraction of sp³-hybridized carbons (Fsp3) is 0.933. The highest BCUT2D eigenvalue weighted by molar-refractivity contribution is 7.99. The van der Waals surface area contributed by atoms with E-state index >= 15 is 0 Å². The standard InChI is InChI=1S/C15H26N2OS/c1-12-10-13(12)14(18)16-11-15(4-2-3-5-15)17-6-8-19-9-7-17/h12-13H,2-11H2,1H3,(H,16,18)/t12-,13+/m1/s1. The number of amides is 1. The van der Waals surface area contributed by atoms with Gasteiger partial charge >= 0.3 is 0 Å². The van der Waals surface area contributed by atoms with Crippen LogP contribution in [0, 0.1) is 11.8 Å². The molecule has 1 heterocycles. The van der Waals surface area contributed by atoms with Crippen molar-refractivity contribution < 1.29 is 4.79 Å². The fourth-order valence-electron chi connectivity index (χ4n) is 3.75. The van der Waals surface area contributed by atoms with E-state index < -0.39 is 0 Å². The van der Waals surface area contributed by atoms with Crippen LogP contribution in [0.25, 0.3) is 0 Å². The van der Waals surface area contributed by atoms with Crippen LogP contribution < -0.4 is 5.32 Å². The zero-order chi connectivity index (χ0) is 13.3. The predicted octanol–water partition coefficient (Wildman–Crippen LogP) is 2.12. The Morgan fingerprint density at radius 2 is 1.95 bits per heavy atom. The number of nitrogens with zero attached hydrogens (tertiary/aromatic N) is 1. The molecule has 3 nitrogen and oxygen atoms in total. The lowest BCUT2D eigenvalue weighted by molar-refractivity contribution is -0.123. The quantitative estimate of drug-likeness (QED) is 0.857. The maximum atomic E-state index is 12.1. The second-order valence-corrected chi connectivity index (χ2v) is 7.79. The Morgan fingerprint density at radius 1 is 1.32 bits per heavy atom. The second kappa shape index (κ2) is 5.65. The van der Waals surface area contributed by atoms with Crippen LogP contribution in [0.4, 0.5) is 0 Å². The number of thioether (sulfide) groups is 1. The van der Waals surface area contributed by atoms with E-state index in [0.29, 0.717) is 17.7 Å². The third-order valence-electron chi connectivity index (χ3n) is 5.25. The number of rotatable bonds is 4. The molecule has 3 aliphatic rings. The molecule has 3 rings (SSSR count). The lowest BCUT2D eigenvalue weighted by Crippen LogP contribution is -2.56. The molecule has 19 heavy (non-hydrogen) atoms. The molecule has 0 aromatic heterocycles. The topological polar surface area (TPSA) is 32.3 Å². The fourth-order valence-corrected chi connectivity index (χ4v) is 4.65. The Hall–Kier alpha value is -0.220. The van der Waals surface area contributed by atoms with Gasteiger partial charge in [0.2, 0.25) is 5.91 Å². The molecule has 2 aliphatic carbocycles. The largest absolute Gasteiger partial charge is 0.354 e. The molecule has 1 saturated heterocycles. The first-order chi connectivity index (χ1) is 9.21. The average Bonchev–Trinajstić information content (AvgIpc) is 3.00. The maximum absolute atomic E-state index is 12.1. The van der Waals surface area contributed by atoms with E-state index in [1.54, 1.807) is 0 Å².